The van der Waals surface area contributed by atoms with Crippen LogP contribution in [0.25, 0.3) is 101 Å². The van der Waals surface area contributed by atoms with Gasteiger partial charge in [0.05, 0.1) is 0 Å². The summed E-state index contributed by atoms with van der Waals surface area (Å²) < 4.78 is 12.6. The van der Waals surface area contributed by atoms with E-state index in [1.54, 1.807) is 0 Å². The van der Waals surface area contributed by atoms with Gasteiger partial charge in [-0.2, -0.15) is 0 Å². The van der Waals surface area contributed by atoms with E-state index in [4.69, 9.17) is 28.8 Å². The van der Waals surface area contributed by atoms with Gasteiger partial charge in [0.1, 0.15) is 16.7 Å². The summed E-state index contributed by atoms with van der Waals surface area (Å²) >= 11 is 0. The number of benzene rings is 7. The molecule has 3 aromatic heterocycles. The van der Waals surface area contributed by atoms with E-state index in [-0.39, 0.29) is 0 Å². The quantitative estimate of drug-likeness (QED) is 0.175. The lowest BCUT2D eigenvalue weighted by Gasteiger charge is -2.10. The second kappa shape index (κ2) is 12.3. The largest absolute Gasteiger partial charge is 0.456 e. The topological polar surface area (TPSA) is 77.8 Å². The Bertz CT molecular complexity index is 2900. The van der Waals surface area contributed by atoms with Crippen molar-refractivity contribution in [2.75, 3.05) is 0 Å². The van der Waals surface area contributed by atoms with Crippen molar-refractivity contribution in [2.45, 2.75) is 0 Å². The van der Waals surface area contributed by atoms with E-state index in [1.807, 2.05) is 115 Å². The fourth-order valence-electron chi connectivity index (χ4n) is 6.81. The van der Waals surface area contributed by atoms with E-state index in [0.29, 0.717) is 23.4 Å². The molecule has 0 spiro atoms. The lowest BCUT2D eigenvalue weighted by Crippen LogP contribution is -2.00. The molecule has 0 atom stereocenters. The molecule has 7 aromatic carbocycles. The summed E-state index contributed by atoms with van der Waals surface area (Å²) in [5, 5.41) is 1.92. The second-order valence-corrected chi connectivity index (χ2v) is 12.7. The normalized spacial score (nSPS) is 11.5. The highest BCUT2D eigenvalue weighted by molar-refractivity contribution is 6.13. The van der Waals surface area contributed by atoms with Gasteiger partial charge in [0, 0.05) is 33.0 Å². The van der Waals surface area contributed by atoms with Crippen molar-refractivity contribution in [1.82, 2.24) is 19.9 Å². The van der Waals surface area contributed by atoms with Gasteiger partial charge >= 0.3 is 0 Å². The van der Waals surface area contributed by atoms with E-state index in [9.17, 15) is 0 Å². The van der Waals surface area contributed by atoms with Crippen molar-refractivity contribution in [1.29, 1.82) is 0 Å². The molecular formula is C46H28N4O2. The number of aromatic nitrogens is 4. The summed E-state index contributed by atoms with van der Waals surface area (Å²) in [7, 11) is 0. The number of furan rings is 1. The molecule has 6 nitrogen and oxygen atoms in total. The molecule has 0 saturated carbocycles. The minimum absolute atomic E-state index is 0.573. The number of hydrogen-bond acceptors (Lipinski definition) is 6. The zero-order chi connectivity index (χ0) is 34.4. The van der Waals surface area contributed by atoms with Gasteiger partial charge in [0.15, 0.2) is 23.1 Å². The molecule has 0 aliphatic carbocycles. The van der Waals surface area contributed by atoms with Crippen LogP contribution in [0.5, 0.6) is 0 Å². The number of rotatable bonds is 6. The van der Waals surface area contributed by atoms with E-state index in [1.165, 1.54) is 0 Å². The number of nitrogens with zero attached hydrogens (tertiary/aromatic N) is 4. The van der Waals surface area contributed by atoms with Crippen molar-refractivity contribution in [3.63, 3.8) is 0 Å². The fraction of sp³-hybridized carbons (Fsp3) is 0. The molecule has 0 radical (unpaired) electrons. The van der Waals surface area contributed by atoms with Gasteiger partial charge in [0.25, 0.3) is 0 Å². The maximum atomic E-state index is 6.42. The van der Waals surface area contributed by atoms with Gasteiger partial charge in [-0.05, 0) is 70.8 Å². The highest BCUT2D eigenvalue weighted by Gasteiger charge is 2.19. The molecule has 0 N–H and O–H groups in total. The Morgan fingerprint density at radius 1 is 0.327 bits per heavy atom. The predicted molar refractivity (Wildman–Crippen MR) is 207 cm³/mol. The van der Waals surface area contributed by atoms with E-state index >= 15 is 0 Å². The first-order valence-electron chi connectivity index (χ1n) is 17.1. The Kier molecular flexibility index (Phi) is 7.03. The van der Waals surface area contributed by atoms with Gasteiger partial charge < -0.3 is 8.83 Å². The smallest absolute Gasteiger partial charge is 0.227 e. The summed E-state index contributed by atoms with van der Waals surface area (Å²) in [6.45, 7) is 0. The van der Waals surface area contributed by atoms with Crippen LogP contribution in [0.2, 0.25) is 0 Å². The zero-order valence-electron chi connectivity index (χ0n) is 27.8. The predicted octanol–water partition coefficient (Wildman–Crippen LogP) is 11.9. The maximum Gasteiger partial charge on any atom is 0.227 e. The van der Waals surface area contributed by atoms with Crippen molar-refractivity contribution in [3.05, 3.63) is 170 Å². The third-order valence-corrected chi connectivity index (χ3v) is 9.37. The summed E-state index contributed by atoms with van der Waals surface area (Å²) in [6, 6.07) is 57.1. The highest BCUT2D eigenvalue weighted by atomic mass is 16.3. The Labute approximate surface area is 298 Å². The minimum Gasteiger partial charge on any atom is -0.456 e. The highest BCUT2D eigenvalue weighted by Crippen LogP contribution is 2.39. The van der Waals surface area contributed by atoms with Crippen molar-refractivity contribution >= 4 is 33.0 Å². The van der Waals surface area contributed by atoms with Crippen LogP contribution in [0.15, 0.2) is 179 Å². The minimum atomic E-state index is 0.573. The molecule has 0 unspecified atom stereocenters. The van der Waals surface area contributed by atoms with E-state index in [0.717, 1.165) is 77.5 Å². The zero-order valence-corrected chi connectivity index (χ0v) is 27.8. The van der Waals surface area contributed by atoms with Crippen molar-refractivity contribution in [2.24, 2.45) is 0 Å². The summed E-state index contributed by atoms with van der Waals surface area (Å²) in [6.07, 6.45) is 0. The van der Waals surface area contributed by atoms with Crippen molar-refractivity contribution in [3.8, 4) is 67.9 Å². The van der Waals surface area contributed by atoms with Crippen molar-refractivity contribution < 1.29 is 8.83 Å². The summed E-state index contributed by atoms with van der Waals surface area (Å²) in [5.74, 6) is 2.38. The van der Waals surface area contributed by atoms with E-state index in [2.05, 4.69) is 54.6 Å². The molecule has 6 heteroatoms. The second-order valence-electron chi connectivity index (χ2n) is 12.7. The average molecular weight is 669 g/mol. The lowest BCUT2D eigenvalue weighted by atomic mass is 10.00. The van der Waals surface area contributed by atoms with Gasteiger partial charge in [-0.3, -0.25) is 0 Å². The summed E-state index contributed by atoms with van der Waals surface area (Å²) in [5.41, 5.74) is 11.0. The fourth-order valence-corrected chi connectivity index (χ4v) is 6.81. The first-order chi connectivity index (χ1) is 25.7. The standard InChI is InChI=1S/C46H28N4O2/c1-4-12-29(13-5-1)32-18-10-19-35(26-32)44-48-43(30-14-6-2-7-15-30)49-45(50-44)36-20-11-21-40-42(36)37-27-33(23-25-39(37)51-40)34-22-24-38-41(28-34)52-46(47-38)31-16-8-3-9-17-31/h1-28H. The monoisotopic (exact) mass is 668 g/mol. The Hall–Kier alpha value is -7.18. The van der Waals surface area contributed by atoms with E-state index < -0.39 is 0 Å². The van der Waals surface area contributed by atoms with Gasteiger partial charge in [-0.25, -0.2) is 19.9 Å². The average Bonchev–Trinajstić information content (AvgIpc) is 3.83. The number of oxazole rings is 1. The Morgan fingerprint density at radius 3 is 1.71 bits per heavy atom. The molecule has 52 heavy (non-hydrogen) atoms. The third kappa shape index (κ3) is 5.30. The molecule has 10 rings (SSSR count). The Balaban J connectivity index is 1.12. The van der Waals surface area contributed by atoms with Gasteiger partial charge in [-0.1, -0.05) is 121 Å². The van der Waals surface area contributed by atoms with Crippen LogP contribution in [0.1, 0.15) is 0 Å². The summed E-state index contributed by atoms with van der Waals surface area (Å²) in [4.78, 5) is 19.9. The Morgan fingerprint density at radius 2 is 0.923 bits per heavy atom. The molecule has 0 saturated heterocycles. The molecule has 10 aromatic rings. The van der Waals surface area contributed by atoms with Crippen LogP contribution >= 0.6 is 0 Å². The number of hydrogen-bond donors (Lipinski definition) is 0. The third-order valence-electron chi connectivity index (χ3n) is 9.37. The molecule has 244 valence electrons. The van der Waals surface area contributed by atoms with Crippen LogP contribution in [-0.4, -0.2) is 19.9 Å². The van der Waals surface area contributed by atoms with Crippen LogP contribution in [0.3, 0.4) is 0 Å². The first-order valence-corrected chi connectivity index (χ1v) is 17.1. The van der Waals surface area contributed by atoms with Crippen LogP contribution in [0.4, 0.5) is 0 Å². The molecule has 0 bridgehead atoms. The SMILES string of the molecule is c1ccc(-c2cccc(-c3nc(-c4ccccc4)nc(-c4cccc5oc6ccc(-c7ccc8nc(-c9ccccc9)oc8c7)cc6c45)n3)c2)cc1. The molecular weight excluding hydrogens is 641 g/mol. The molecule has 3 heterocycles. The van der Waals surface area contributed by atoms with Crippen LogP contribution < -0.4 is 0 Å². The van der Waals surface area contributed by atoms with Gasteiger partial charge in [0.2, 0.25) is 5.89 Å². The van der Waals surface area contributed by atoms with Gasteiger partial charge in [-0.15, -0.1) is 0 Å². The van der Waals surface area contributed by atoms with Crippen LogP contribution in [-0.2, 0) is 0 Å². The maximum absolute atomic E-state index is 6.42. The molecule has 0 amide bonds. The van der Waals surface area contributed by atoms with Crippen LogP contribution in [0, 0.1) is 0 Å². The number of fused-ring (bicyclic) bond motifs is 4. The lowest BCUT2D eigenvalue weighted by molar-refractivity contribution is 0.620. The molecule has 0 fully saturated rings. The molecule has 0 aliphatic rings. The first kappa shape index (κ1) is 29.7. The molecule has 0 aliphatic heterocycles.